The Kier molecular flexibility index (Phi) is 3.66. The zero-order valence-electron chi connectivity index (χ0n) is 11.8. The Hall–Kier alpha value is -2.28. The van der Waals surface area contributed by atoms with Gasteiger partial charge in [0, 0.05) is 24.6 Å². The Balaban J connectivity index is 1.71. The number of rotatable bonds is 3. The maximum atomic E-state index is 12.4. The minimum atomic E-state index is -0.370. The lowest BCUT2D eigenvalue weighted by Gasteiger charge is -2.18. The SMILES string of the molecule is CC(O)C1CCN(C(=O)c2ccc(-n3cnnn3)cc2)C1. The molecule has 3 rings (SSSR count). The van der Waals surface area contributed by atoms with Crippen LogP contribution in [0.2, 0.25) is 0 Å². The molecule has 0 saturated carbocycles. The summed E-state index contributed by atoms with van der Waals surface area (Å²) in [7, 11) is 0. The molecule has 21 heavy (non-hydrogen) atoms. The van der Waals surface area contributed by atoms with E-state index in [0.717, 1.165) is 12.1 Å². The number of likely N-dealkylation sites (tertiary alicyclic amines) is 1. The van der Waals surface area contributed by atoms with Crippen molar-refractivity contribution in [2.75, 3.05) is 13.1 Å². The molecule has 1 saturated heterocycles. The third kappa shape index (κ3) is 2.78. The predicted octanol–water partition coefficient (Wildman–Crippen LogP) is 0.505. The van der Waals surface area contributed by atoms with E-state index in [0.29, 0.717) is 18.7 Å². The van der Waals surface area contributed by atoms with E-state index in [1.165, 1.54) is 11.0 Å². The highest BCUT2D eigenvalue weighted by Gasteiger charge is 2.29. The summed E-state index contributed by atoms with van der Waals surface area (Å²) in [6.07, 6.45) is 1.99. The second-order valence-electron chi connectivity index (χ2n) is 5.34. The first-order valence-corrected chi connectivity index (χ1v) is 6.96. The van der Waals surface area contributed by atoms with Crippen molar-refractivity contribution >= 4 is 5.91 Å². The summed E-state index contributed by atoms with van der Waals surface area (Å²) in [5, 5.41) is 20.6. The van der Waals surface area contributed by atoms with Crippen LogP contribution in [0.1, 0.15) is 23.7 Å². The first-order chi connectivity index (χ1) is 10.1. The molecular formula is C14H17N5O2. The van der Waals surface area contributed by atoms with Crippen LogP contribution >= 0.6 is 0 Å². The van der Waals surface area contributed by atoms with E-state index < -0.39 is 0 Å². The first kappa shape index (κ1) is 13.7. The second kappa shape index (κ2) is 5.61. The molecule has 2 atom stereocenters. The number of hydrogen-bond donors (Lipinski definition) is 1. The molecule has 1 N–H and O–H groups in total. The van der Waals surface area contributed by atoms with Gasteiger partial charge in [-0.05, 0) is 48.0 Å². The Morgan fingerprint density at radius 1 is 1.38 bits per heavy atom. The molecule has 2 unspecified atom stereocenters. The van der Waals surface area contributed by atoms with Crippen LogP contribution in [-0.2, 0) is 0 Å². The van der Waals surface area contributed by atoms with Crippen molar-refractivity contribution in [3.05, 3.63) is 36.2 Å². The lowest BCUT2D eigenvalue weighted by molar-refractivity contribution is 0.0762. The summed E-state index contributed by atoms with van der Waals surface area (Å²) in [5.41, 5.74) is 1.44. The van der Waals surface area contributed by atoms with Gasteiger partial charge in [0.05, 0.1) is 11.8 Å². The molecule has 1 fully saturated rings. The number of nitrogens with zero attached hydrogens (tertiary/aromatic N) is 5. The number of hydrogen-bond acceptors (Lipinski definition) is 5. The van der Waals surface area contributed by atoms with Crippen molar-refractivity contribution < 1.29 is 9.90 Å². The van der Waals surface area contributed by atoms with Crippen LogP contribution in [0.4, 0.5) is 0 Å². The fourth-order valence-corrected chi connectivity index (χ4v) is 2.58. The molecule has 0 radical (unpaired) electrons. The minimum Gasteiger partial charge on any atom is -0.393 e. The van der Waals surface area contributed by atoms with E-state index >= 15 is 0 Å². The Morgan fingerprint density at radius 3 is 2.71 bits per heavy atom. The van der Waals surface area contributed by atoms with Gasteiger partial charge in [-0.15, -0.1) is 5.10 Å². The van der Waals surface area contributed by atoms with Gasteiger partial charge < -0.3 is 10.0 Å². The molecule has 2 aromatic rings. The zero-order valence-corrected chi connectivity index (χ0v) is 11.8. The average Bonchev–Trinajstić information content (AvgIpc) is 3.18. The van der Waals surface area contributed by atoms with Gasteiger partial charge in [0.2, 0.25) is 0 Å². The second-order valence-corrected chi connectivity index (χ2v) is 5.34. The van der Waals surface area contributed by atoms with E-state index in [2.05, 4.69) is 15.5 Å². The monoisotopic (exact) mass is 287 g/mol. The molecule has 7 heteroatoms. The number of tetrazole rings is 1. The van der Waals surface area contributed by atoms with E-state index in [-0.39, 0.29) is 17.9 Å². The van der Waals surface area contributed by atoms with Crippen molar-refractivity contribution in [1.29, 1.82) is 0 Å². The quantitative estimate of drug-likeness (QED) is 0.889. The predicted molar refractivity (Wildman–Crippen MR) is 74.8 cm³/mol. The van der Waals surface area contributed by atoms with Gasteiger partial charge in [0.25, 0.3) is 5.91 Å². The van der Waals surface area contributed by atoms with Gasteiger partial charge in [-0.1, -0.05) is 0 Å². The lowest BCUT2D eigenvalue weighted by Crippen LogP contribution is -2.30. The fourth-order valence-electron chi connectivity index (χ4n) is 2.58. The Bertz CT molecular complexity index is 609. The maximum Gasteiger partial charge on any atom is 0.253 e. The highest BCUT2D eigenvalue weighted by molar-refractivity contribution is 5.94. The normalized spacial score (nSPS) is 19.7. The van der Waals surface area contributed by atoms with Gasteiger partial charge in [0.15, 0.2) is 0 Å². The number of aliphatic hydroxyl groups excluding tert-OH is 1. The Morgan fingerprint density at radius 2 is 2.14 bits per heavy atom. The van der Waals surface area contributed by atoms with Crippen molar-refractivity contribution in [3.63, 3.8) is 0 Å². The van der Waals surface area contributed by atoms with E-state index in [1.54, 1.807) is 24.0 Å². The van der Waals surface area contributed by atoms with Crippen molar-refractivity contribution in [2.45, 2.75) is 19.4 Å². The van der Waals surface area contributed by atoms with Gasteiger partial charge in [-0.2, -0.15) is 0 Å². The van der Waals surface area contributed by atoms with Crippen molar-refractivity contribution in [3.8, 4) is 5.69 Å². The number of amides is 1. The van der Waals surface area contributed by atoms with Crippen molar-refractivity contribution in [2.24, 2.45) is 5.92 Å². The van der Waals surface area contributed by atoms with Crippen LogP contribution in [0, 0.1) is 5.92 Å². The summed E-state index contributed by atoms with van der Waals surface area (Å²) in [5.74, 6) is 0.177. The number of carbonyl (C=O) groups excluding carboxylic acids is 1. The Labute approximate surface area is 122 Å². The summed E-state index contributed by atoms with van der Waals surface area (Å²) in [6.45, 7) is 3.09. The third-order valence-electron chi connectivity index (χ3n) is 3.92. The van der Waals surface area contributed by atoms with Crippen LogP contribution in [-0.4, -0.2) is 55.3 Å². The molecule has 1 aromatic heterocycles. The molecular weight excluding hydrogens is 270 g/mol. The minimum absolute atomic E-state index is 0.00131. The number of aromatic nitrogens is 4. The van der Waals surface area contributed by atoms with Crippen molar-refractivity contribution in [1.82, 2.24) is 25.1 Å². The van der Waals surface area contributed by atoms with Crippen LogP contribution in [0.3, 0.4) is 0 Å². The molecule has 0 bridgehead atoms. The lowest BCUT2D eigenvalue weighted by atomic mass is 10.0. The highest BCUT2D eigenvalue weighted by atomic mass is 16.3. The molecule has 0 spiro atoms. The standard InChI is InChI=1S/C14H17N5O2/c1-10(20)12-6-7-18(8-12)14(21)11-2-4-13(5-3-11)19-9-15-16-17-19/h2-5,9-10,12,20H,6-8H2,1H3. The first-order valence-electron chi connectivity index (χ1n) is 6.96. The van der Waals surface area contributed by atoms with E-state index in [4.69, 9.17) is 0 Å². The maximum absolute atomic E-state index is 12.4. The smallest absolute Gasteiger partial charge is 0.253 e. The molecule has 110 valence electrons. The third-order valence-corrected chi connectivity index (χ3v) is 3.92. The van der Waals surface area contributed by atoms with E-state index in [1.807, 2.05) is 12.1 Å². The largest absolute Gasteiger partial charge is 0.393 e. The molecule has 1 amide bonds. The molecule has 7 nitrogen and oxygen atoms in total. The van der Waals surface area contributed by atoms with Crippen LogP contribution in [0.5, 0.6) is 0 Å². The molecule has 0 aliphatic carbocycles. The number of carbonyl (C=O) groups is 1. The van der Waals surface area contributed by atoms with Gasteiger partial charge in [0.1, 0.15) is 6.33 Å². The molecule has 1 aliphatic rings. The topological polar surface area (TPSA) is 84.1 Å². The number of aliphatic hydroxyl groups is 1. The van der Waals surface area contributed by atoms with Crippen LogP contribution in [0.15, 0.2) is 30.6 Å². The highest BCUT2D eigenvalue weighted by Crippen LogP contribution is 2.21. The molecule has 1 aliphatic heterocycles. The summed E-state index contributed by atoms with van der Waals surface area (Å²) in [6, 6.07) is 7.17. The molecule has 2 heterocycles. The average molecular weight is 287 g/mol. The van der Waals surface area contributed by atoms with E-state index in [9.17, 15) is 9.90 Å². The van der Waals surface area contributed by atoms with Crippen LogP contribution < -0.4 is 0 Å². The molecule has 1 aromatic carbocycles. The van der Waals surface area contributed by atoms with Gasteiger partial charge in [-0.25, -0.2) is 4.68 Å². The summed E-state index contributed by atoms with van der Waals surface area (Å²) >= 11 is 0. The summed E-state index contributed by atoms with van der Waals surface area (Å²) in [4.78, 5) is 14.2. The number of benzene rings is 1. The zero-order chi connectivity index (χ0) is 14.8. The fraction of sp³-hybridized carbons (Fsp3) is 0.429. The van der Waals surface area contributed by atoms with Crippen LogP contribution in [0.25, 0.3) is 5.69 Å². The van der Waals surface area contributed by atoms with Gasteiger partial charge >= 0.3 is 0 Å². The summed E-state index contributed by atoms with van der Waals surface area (Å²) < 4.78 is 1.54. The van der Waals surface area contributed by atoms with Gasteiger partial charge in [-0.3, -0.25) is 4.79 Å².